The van der Waals surface area contributed by atoms with Crippen LogP contribution < -0.4 is 5.32 Å². The lowest BCUT2D eigenvalue weighted by Gasteiger charge is -2.27. The first-order valence-corrected chi connectivity index (χ1v) is 3.87. The summed E-state index contributed by atoms with van der Waals surface area (Å²) in [5, 5.41) is 2.45. The monoisotopic (exact) mass is 195 g/mol. The Morgan fingerprint density at radius 3 is 2.50 bits per heavy atom. The first kappa shape index (κ1) is 9.51. The van der Waals surface area contributed by atoms with Crippen molar-refractivity contribution in [2.24, 2.45) is 5.92 Å². The fourth-order valence-corrected chi connectivity index (χ4v) is 1.48. The maximum Gasteiger partial charge on any atom is 0.398 e. The lowest BCUT2D eigenvalue weighted by atomic mass is 9.97. The molecule has 1 fully saturated rings. The van der Waals surface area contributed by atoms with Gasteiger partial charge in [0.15, 0.2) is 0 Å². The number of halogens is 3. The second kappa shape index (κ2) is 3.05. The van der Waals surface area contributed by atoms with E-state index in [1.807, 2.05) is 0 Å². The predicted octanol–water partition coefficient (Wildman–Crippen LogP) is 2.39. The van der Waals surface area contributed by atoms with E-state index in [1.54, 1.807) is 0 Å². The zero-order chi connectivity index (χ0) is 9.35. The van der Waals surface area contributed by atoms with Gasteiger partial charge in [0.25, 0.3) is 0 Å². The number of piperidine rings is 1. The normalized spacial score (nSPS) is 25.4. The van der Waals surface area contributed by atoms with E-state index in [9.17, 15) is 13.2 Å². The summed E-state index contributed by atoms with van der Waals surface area (Å²) in [5.74, 6) is -1.49. The summed E-state index contributed by atoms with van der Waals surface area (Å²) in [6.45, 7) is 3.52. The van der Waals surface area contributed by atoms with Gasteiger partial charge in [-0.3, -0.25) is 0 Å². The topological polar surface area (TPSA) is 12.0 Å². The van der Waals surface area contributed by atoms with Crippen LogP contribution in [0.2, 0.25) is 0 Å². The second-order valence-electron chi connectivity index (χ2n) is 2.73. The summed E-state index contributed by atoms with van der Waals surface area (Å²) >= 11 is 4.56. The Kier molecular flexibility index (Phi) is 2.41. The van der Waals surface area contributed by atoms with Crippen molar-refractivity contribution in [3.05, 3.63) is 12.3 Å². The largest absolute Gasteiger partial charge is 0.398 e. The Bertz CT molecular complexity index is 221. The third-order valence-electron chi connectivity index (χ3n) is 1.75. The quantitative estimate of drug-likeness (QED) is 0.595. The molecule has 68 valence electrons. The van der Waals surface area contributed by atoms with Gasteiger partial charge in [0.1, 0.15) is 5.92 Å². The van der Waals surface area contributed by atoms with Gasteiger partial charge in [-0.1, -0.05) is 18.8 Å². The van der Waals surface area contributed by atoms with Crippen LogP contribution in [0.4, 0.5) is 13.2 Å². The van der Waals surface area contributed by atoms with Gasteiger partial charge in [-0.15, -0.1) is 0 Å². The summed E-state index contributed by atoms with van der Waals surface area (Å²) in [6.07, 6.45) is -3.86. The molecule has 1 nitrogen and oxygen atoms in total. The van der Waals surface area contributed by atoms with Crippen LogP contribution in [0.3, 0.4) is 0 Å². The summed E-state index contributed by atoms with van der Waals surface area (Å²) < 4.78 is 36.5. The van der Waals surface area contributed by atoms with Crippen LogP contribution in [0, 0.1) is 5.92 Å². The van der Waals surface area contributed by atoms with Gasteiger partial charge < -0.3 is 5.32 Å². The average molecular weight is 195 g/mol. The van der Waals surface area contributed by atoms with E-state index in [0.717, 1.165) is 0 Å². The molecule has 0 aliphatic carbocycles. The molecule has 0 bridgehead atoms. The van der Waals surface area contributed by atoms with E-state index in [4.69, 9.17) is 0 Å². The van der Waals surface area contributed by atoms with Gasteiger partial charge in [-0.2, -0.15) is 13.2 Å². The van der Waals surface area contributed by atoms with Crippen LogP contribution in [-0.2, 0) is 0 Å². The van der Waals surface area contributed by atoms with E-state index in [2.05, 4.69) is 24.1 Å². The number of thiocarbonyl (C=S) groups is 1. The minimum Gasteiger partial charge on any atom is -0.354 e. The first-order chi connectivity index (χ1) is 5.41. The first-order valence-electron chi connectivity index (χ1n) is 3.46. The Hall–Kier alpha value is -0.580. The summed E-state index contributed by atoms with van der Waals surface area (Å²) in [7, 11) is 0. The summed E-state index contributed by atoms with van der Waals surface area (Å²) in [5.41, 5.74) is 0.570. The van der Waals surface area contributed by atoms with Crippen LogP contribution in [0.15, 0.2) is 12.3 Å². The molecule has 0 amide bonds. The molecule has 0 saturated carbocycles. The molecule has 0 aromatic heterocycles. The third kappa shape index (κ3) is 1.97. The van der Waals surface area contributed by atoms with Gasteiger partial charge >= 0.3 is 6.18 Å². The molecule has 0 aromatic rings. The van der Waals surface area contributed by atoms with Gasteiger partial charge in [-0.05, 0) is 12.8 Å². The number of rotatable bonds is 0. The van der Waals surface area contributed by atoms with Crippen LogP contribution in [0.1, 0.15) is 12.8 Å². The van der Waals surface area contributed by atoms with Gasteiger partial charge in [0.2, 0.25) is 0 Å². The zero-order valence-corrected chi connectivity index (χ0v) is 7.06. The Labute approximate surface area is 73.6 Å². The molecule has 1 heterocycles. The number of hydrogen-bond donors (Lipinski definition) is 1. The molecular weight excluding hydrogens is 187 g/mol. The zero-order valence-electron chi connectivity index (χ0n) is 6.24. The van der Waals surface area contributed by atoms with Crippen molar-refractivity contribution in [3.8, 4) is 0 Å². The Morgan fingerprint density at radius 2 is 2.08 bits per heavy atom. The SMILES string of the molecule is C=C1CCC(C(F)(F)F)C(=S)N1. The van der Waals surface area contributed by atoms with Crippen molar-refractivity contribution in [2.45, 2.75) is 19.0 Å². The van der Waals surface area contributed by atoms with Crippen LogP contribution in [0.25, 0.3) is 0 Å². The third-order valence-corrected chi connectivity index (χ3v) is 2.13. The summed E-state index contributed by atoms with van der Waals surface area (Å²) in [4.78, 5) is -0.154. The highest BCUT2D eigenvalue weighted by atomic mass is 32.1. The van der Waals surface area contributed by atoms with Crippen LogP contribution >= 0.6 is 12.2 Å². The minimum absolute atomic E-state index is 0.0220. The maximum absolute atomic E-state index is 12.2. The second-order valence-corrected chi connectivity index (χ2v) is 3.17. The smallest absolute Gasteiger partial charge is 0.354 e. The van der Waals surface area contributed by atoms with E-state index in [1.165, 1.54) is 0 Å². The van der Waals surface area contributed by atoms with Crippen molar-refractivity contribution in [2.75, 3.05) is 0 Å². The highest BCUT2D eigenvalue weighted by Crippen LogP contribution is 2.33. The van der Waals surface area contributed by atoms with E-state index < -0.39 is 12.1 Å². The minimum atomic E-state index is -4.22. The summed E-state index contributed by atoms with van der Waals surface area (Å²) in [6, 6.07) is 0. The molecule has 5 heteroatoms. The standard InChI is InChI=1S/C7H8F3NS/c1-4-2-3-5(6(12)11-4)7(8,9)10/h5H,1-3H2,(H,11,12). The van der Waals surface area contributed by atoms with Gasteiger partial charge in [0, 0.05) is 5.70 Å². The van der Waals surface area contributed by atoms with E-state index >= 15 is 0 Å². The molecule has 0 spiro atoms. The molecule has 1 N–H and O–H groups in total. The lowest BCUT2D eigenvalue weighted by Crippen LogP contribution is -2.41. The highest BCUT2D eigenvalue weighted by molar-refractivity contribution is 7.80. The molecule has 1 unspecified atom stereocenters. The Morgan fingerprint density at radius 1 is 1.50 bits per heavy atom. The molecule has 1 atom stereocenters. The van der Waals surface area contributed by atoms with Gasteiger partial charge in [0.05, 0.1) is 4.99 Å². The van der Waals surface area contributed by atoms with Crippen molar-refractivity contribution in [1.82, 2.24) is 5.32 Å². The van der Waals surface area contributed by atoms with Crippen molar-refractivity contribution in [3.63, 3.8) is 0 Å². The van der Waals surface area contributed by atoms with E-state index in [-0.39, 0.29) is 11.4 Å². The highest BCUT2D eigenvalue weighted by Gasteiger charge is 2.43. The van der Waals surface area contributed by atoms with Gasteiger partial charge in [-0.25, -0.2) is 0 Å². The number of hydrogen-bond acceptors (Lipinski definition) is 1. The van der Waals surface area contributed by atoms with Crippen LogP contribution in [-0.4, -0.2) is 11.2 Å². The predicted molar refractivity (Wildman–Crippen MR) is 43.7 cm³/mol. The molecular formula is C7H8F3NS. The lowest BCUT2D eigenvalue weighted by molar-refractivity contribution is -0.157. The molecule has 0 aromatic carbocycles. The number of alkyl halides is 3. The number of allylic oxidation sites excluding steroid dienone is 1. The molecule has 1 aliphatic rings. The number of nitrogens with one attached hydrogen (secondary N) is 1. The molecule has 0 radical (unpaired) electrons. The molecule has 1 rings (SSSR count). The van der Waals surface area contributed by atoms with E-state index in [0.29, 0.717) is 12.1 Å². The Balaban J connectivity index is 2.69. The van der Waals surface area contributed by atoms with Crippen LogP contribution in [0.5, 0.6) is 0 Å². The average Bonchev–Trinajstić information content (AvgIpc) is 1.83. The fourth-order valence-electron chi connectivity index (χ4n) is 1.09. The fraction of sp³-hybridized carbons (Fsp3) is 0.571. The van der Waals surface area contributed by atoms with Crippen molar-refractivity contribution >= 4 is 17.2 Å². The van der Waals surface area contributed by atoms with Crippen molar-refractivity contribution < 1.29 is 13.2 Å². The van der Waals surface area contributed by atoms with Crippen molar-refractivity contribution in [1.29, 1.82) is 0 Å². The molecule has 1 saturated heterocycles. The molecule has 12 heavy (non-hydrogen) atoms. The molecule has 1 aliphatic heterocycles. The maximum atomic E-state index is 12.2.